The van der Waals surface area contributed by atoms with Crippen molar-refractivity contribution in [2.24, 2.45) is 0 Å². The van der Waals surface area contributed by atoms with Crippen LogP contribution in [0, 0.1) is 0 Å². The number of aromatic hydroxyl groups is 6. The average molecular weight is 570 g/mol. The van der Waals surface area contributed by atoms with Crippen molar-refractivity contribution in [2.75, 3.05) is 6.61 Å². The molecule has 1 saturated heterocycles. The molecule has 41 heavy (non-hydrogen) atoms. The first-order valence-corrected chi connectivity index (χ1v) is 11.9. The Morgan fingerprint density at radius 1 is 0.829 bits per heavy atom. The van der Waals surface area contributed by atoms with Crippen LogP contribution in [-0.4, -0.2) is 78.0 Å². The first kappa shape index (κ1) is 27.4. The van der Waals surface area contributed by atoms with Gasteiger partial charge < -0.3 is 59.5 Å². The SMILES string of the molecule is O=C(OCC1OC(Oc2c(-c3ccc(O)cc3)oc3cc(O)cc(O)c3c2=O)C(O)C1O)c1cc(O)c(O)c(O)c1. The molecule has 4 atom stereocenters. The van der Waals surface area contributed by atoms with E-state index in [0.29, 0.717) is 0 Å². The van der Waals surface area contributed by atoms with Crippen LogP contribution in [0.25, 0.3) is 22.3 Å². The number of hydrogen-bond acceptors (Lipinski definition) is 14. The molecule has 214 valence electrons. The normalized spacial score (nSPS) is 20.2. The quantitative estimate of drug-likeness (QED) is 0.121. The molecule has 4 aromatic rings. The highest BCUT2D eigenvalue weighted by molar-refractivity contribution is 5.91. The third kappa shape index (κ3) is 5.09. The van der Waals surface area contributed by atoms with Gasteiger partial charge in [0.2, 0.25) is 17.5 Å². The van der Waals surface area contributed by atoms with Crippen LogP contribution in [0.15, 0.2) is 57.7 Å². The van der Waals surface area contributed by atoms with E-state index in [1.807, 2.05) is 0 Å². The number of hydrogen-bond donors (Lipinski definition) is 8. The highest BCUT2D eigenvalue weighted by Gasteiger charge is 2.45. The van der Waals surface area contributed by atoms with Crippen LogP contribution >= 0.6 is 0 Å². The molecule has 0 saturated carbocycles. The molecule has 2 heterocycles. The number of ether oxygens (including phenoxy) is 3. The Bertz CT molecular complexity index is 1670. The highest BCUT2D eigenvalue weighted by Crippen LogP contribution is 2.38. The van der Waals surface area contributed by atoms with E-state index in [0.717, 1.165) is 24.3 Å². The van der Waals surface area contributed by atoms with Gasteiger partial charge in [-0.25, -0.2) is 4.79 Å². The number of carbonyl (C=O) groups excluding carboxylic acids is 1. The predicted molar refractivity (Wildman–Crippen MR) is 136 cm³/mol. The number of aliphatic hydroxyl groups is 2. The largest absolute Gasteiger partial charge is 0.508 e. The Labute approximate surface area is 228 Å². The number of aliphatic hydroxyl groups excluding tert-OH is 2. The van der Waals surface area contributed by atoms with Crippen LogP contribution in [0.5, 0.6) is 40.2 Å². The molecule has 3 aromatic carbocycles. The van der Waals surface area contributed by atoms with Crippen LogP contribution in [0.2, 0.25) is 0 Å². The summed E-state index contributed by atoms with van der Waals surface area (Å²) in [5.74, 6) is -5.36. The number of phenolic OH excluding ortho intramolecular Hbond substituents is 6. The third-order valence-electron chi connectivity index (χ3n) is 6.28. The summed E-state index contributed by atoms with van der Waals surface area (Å²) in [6.07, 6.45) is -6.51. The van der Waals surface area contributed by atoms with Gasteiger partial charge in [0.05, 0.1) is 5.56 Å². The molecular weight excluding hydrogens is 548 g/mol. The lowest BCUT2D eigenvalue weighted by atomic mass is 10.1. The van der Waals surface area contributed by atoms with E-state index < -0.39 is 77.1 Å². The van der Waals surface area contributed by atoms with Gasteiger partial charge >= 0.3 is 5.97 Å². The highest BCUT2D eigenvalue weighted by atomic mass is 16.7. The molecule has 0 aliphatic carbocycles. The maximum atomic E-state index is 13.4. The van der Waals surface area contributed by atoms with E-state index >= 15 is 0 Å². The lowest BCUT2D eigenvalue weighted by Crippen LogP contribution is -2.36. The van der Waals surface area contributed by atoms with E-state index in [2.05, 4.69) is 0 Å². The summed E-state index contributed by atoms with van der Waals surface area (Å²) >= 11 is 0. The molecule has 5 rings (SSSR count). The van der Waals surface area contributed by atoms with Gasteiger partial charge in [0, 0.05) is 17.7 Å². The second-order valence-corrected chi connectivity index (χ2v) is 9.08. The van der Waals surface area contributed by atoms with Crippen molar-refractivity contribution < 1.29 is 64.3 Å². The van der Waals surface area contributed by atoms with Gasteiger partial charge in [0.1, 0.15) is 53.1 Å². The molecule has 0 spiro atoms. The van der Waals surface area contributed by atoms with Crippen LogP contribution in [0.1, 0.15) is 10.4 Å². The zero-order valence-corrected chi connectivity index (χ0v) is 20.7. The Morgan fingerprint density at radius 3 is 2.15 bits per heavy atom. The summed E-state index contributed by atoms with van der Waals surface area (Å²) in [4.78, 5) is 25.8. The Balaban J connectivity index is 1.42. The molecule has 14 heteroatoms. The number of fused-ring (bicyclic) bond motifs is 1. The number of carbonyl (C=O) groups is 1. The monoisotopic (exact) mass is 570 g/mol. The van der Waals surface area contributed by atoms with Crippen molar-refractivity contribution in [3.05, 3.63) is 64.3 Å². The molecule has 4 unspecified atom stereocenters. The smallest absolute Gasteiger partial charge is 0.338 e. The molecule has 1 aromatic heterocycles. The van der Waals surface area contributed by atoms with Crippen LogP contribution < -0.4 is 10.2 Å². The summed E-state index contributed by atoms with van der Waals surface area (Å²) in [5, 5.41) is 79.1. The number of phenols is 6. The fourth-order valence-corrected chi connectivity index (χ4v) is 4.21. The van der Waals surface area contributed by atoms with Crippen molar-refractivity contribution in [3.63, 3.8) is 0 Å². The minimum absolute atomic E-state index is 0.0950. The van der Waals surface area contributed by atoms with Crippen molar-refractivity contribution in [1.29, 1.82) is 0 Å². The fraction of sp³-hybridized carbons (Fsp3) is 0.185. The molecule has 1 aliphatic rings. The first-order valence-electron chi connectivity index (χ1n) is 11.9. The van der Waals surface area contributed by atoms with E-state index in [9.17, 15) is 50.4 Å². The summed E-state index contributed by atoms with van der Waals surface area (Å²) in [6.45, 7) is -0.642. The fourth-order valence-electron chi connectivity index (χ4n) is 4.21. The maximum absolute atomic E-state index is 13.4. The van der Waals surface area contributed by atoms with E-state index in [-0.39, 0.29) is 33.6 Å². The first-order chi connectivity index (χ1) is 19.4. The standard InChI is InChI=1S/C27H22O14/c28-12-3-1-10(2-4-12)24-25(22(35)19-14(30)7-13(29)8-17(19)39-24)41-27-23(36)21(34)18(40-27)9-38-26(37)11-5-15(31)20(33)16(32)6-11/h1-8,18,21,23,27-34,36H,9H2. The Kier molecular flexibility index (Phi) is 6.96. The average Bonchev–Trinajstić information content (AvgIpc) is 3.19. The van der Waals surface area contributed by atoms with E-state index in [1.165, 1.54) is 24.3 Å². The van der Waals surface area contributed by atoms with Gasteiger partial charge in [0.15, 0.2) is 23.0 Å². The van der Waals surface area contributed by atoms with E-state index in [1.54, 1.807) is 0 Å². The molecule has 1 fully saturated rings. The molecule has 0 amide bonds. The van der Waals surface area contributed by atoms with Crippen LogP contribution in [0.3, 0.4) is 0 Å². The minimum atomic E-state index is -1.77. The zero-order valence-electron chi connectivity index (χ0n) is 20.7. The zero-order chi connectivity index (χ0) is 29.6. The second-order valence-electron chi connectivity index (χ2n) is 9.08. The van der Waals surface area contributed by atoms with Crippen molar-refractivity contribution in [1.82, 2.24) is 0 Å². The van der Waals surface area contributed by atoms with Crippen molar-refractivity contribution in [3.8, 4) is 51.6 Å². The van der Waals surface area contributed by atoms with Gasteiger partial charge in [-0.2, -0.15) is 0 Å². The molecule has 1 aliphatic heterocycles. The number of rotatable bonds is 6. The third-order valence-corrected chi connectivity index (χ3v) is 6.28. The van der Waals surface area contributed by atoms with E-state index in [4.69, 9.17) is 18.6 Å². The predicted octanol–water partition coefficient (Wildman–Crippen LogP) is 1.38. The van der Waals surface area contributed by atoms with Gasteiger partial charge in [-0.1, -0.05) is 0 Å². The maximum Gasteiger partial charge on any atom is 0.338 e. The topological polar surface area (TPSA) is 237 Å². The van der Waals surface area contributed by atoms with Crippen LogP contribution in [-0.2, 0) is 9.47 Å². The van der Waals surface area contributed by atoms with Crippen LogP contribution in [0.4, 0.5) is 0 Å². The van der Waals surface area contributed by atoms with Gasteiger partial charge in [-0.3, -0.25) is 4.79 Å². The minimum Gasteiger partial charge on any atom is -0.508 e. The summed E-state index contributed by atoms with van der Waals surface area (Å²) in [7, 11) is 0. The molecule has 8 N–H and O–H groups in total. The van der Waals surface area contributed by atoms with Gasteiger partial charge in [-0.15, -0.1) is 0 Å². The second kappa shape index (κ2) is 10.4. The molecule has 14 nitrogen and oxygen atoms in total. The lowest BCUT2D eigenvalue weighted by molar-refractivity contribution is -0.118. The number of esters is 1. The number of benzene rings is 3. The van der Waals surface area contributed by atoms with Crippen molar-refractivity contribution in [2.45, 2.75) is 24.6 Å². The summed E-state index contributed by atoms with van der Waals surface area (Å²) < 4.78 is 22.0. The molecule has 0 bridgehead atoms. The summed E-state index contributed by atoms with van der Waals surface area (Å²) in [5.41, 5.74) is -1.23. The molecule has 0 radical (unpaired) electrons. The van der Waals surface area contributed by atoms with Gasteiger partial charge in [-0.05, 0) is 36.4 Å². The van der Waals surface area contributed by atoms with Crippen molar-refractivity contribution >= 4 is 16.9 Å². The Hall–Kier alpha value is -5.18. The molecular formula is C27H22O14. The lowest BCUT2D eigenvalue weighted by Gasteiger charge is -2.19. The van der Waals surface area contributed by atoms with Gasteiger partial charge in [0.25, 0.3) is 0 Å². The summed E-state index contributed by atoms with van der Waals surface area (Å²) in [6, 6.07) is 9.04. The Morgan fingerprint density at radius 2 is 1.49 bits per heavy atom.